The van der Waals surface area contributed by atoms with Crippen LogP contribution in [0.2, 0.25) is 0 Å². The maximum Gasteiger partial charge on any atom is 0.384 e. The minimum Gasteiger partial charge on any atom is -0.456 e. The van der Waals surface area contributed by atoms with Crippen molar-refractivity contribution in [3.05, 3.63) is 0 Å². The van der Waals surface area contributed by atoms with Crippen LogP contribution in [0.4, 0.5) is 0 Å². The second-order valence-electron chi connectivity index (χ2n) is 4.50. The molecule has 0 saturated heterocycles. The van der Waals surface area contributed by atoms with Crippen LogP contribution in [0.5, 0.6) is 0 Å². The van der Waals surface area contributed by atoms with E-state index in [-0.39, 0.29) is 0 Å². The first-order valence-electron chi connectivity index (χ1n) is 7.00. The Bertz CT molecular complexity index is 233. The molecule has 0 fully saturated rings. The summed E-state index contributed by atoms with van der Waals surface area (Å²) >= 11 is 2.44. The largest absolute Gasteiger partial charge is 0.456 e. The third-order valence-electron chi connectivity index (χ3n) is 2.88. The molecule has 0 radical (unpaired) electrons. The highest BCUT2D eigenvalue weighted by molar-refractivity contribution is 14.1. The van der Waals surface area contributed by atoms with Crippen molar-refractivity contribution >= 4 is 28.6 Å². The number of unbranched alkanes of at least 4 members (excludes halogenated alkanes) is 9. The third-order valence-corrected chi connectivity index (χ3v) is 3.64. The average molecular weight is 364 g/mol. The predicted octanol–water partition coefficient (Wildman–Crippen LogP) is 4.50. The fourth-order valence-electron chi connectivity index (χ4n) is 1.82. The Morgan fingerprint density at radius 3 is 1.78 bits per heavy atom. The van der Waals surface area contributed by atoms with Gasteiger partial charge in [0.1, 0.15) is 0 Å². The summed E-state index contributed by atoms with van der Waals surface area (Å²) in [4.78, 5) is 10.6. The zero-order valence-electron chi connectivity index (χ0n) is 11.3. The number of esters is 1. The second kappa shape index (κ2) is 14.8. The van der Waals surface area contributed by atoms with Gasteiger partial charge in [0, 0.05) is 5.92 Å². The fraction of sp³-hybridized carbons (Fsp3) is 0.800. The van der Waals surface area contributed by atoms with Crippen LogP contribution in [0.1, 0.15) is 64.2 Å². The highest BCUT2D eigenvalue weighted by Crippen LogP contribution is 2.11. The monoisotopic (exact) mass is 364 g/mol. The first-order chi connectivity index (χ1) is 8.81. The molecule has 0 bridgehead atoms. The topological polar surface area (TPSA) is 26.3 Å². The number of terminal acetylenes is 1. The molecule has 2 nitrogen and oxygen atoms in total. The number of halogens is 1. The number of carbonyl (C=O) groups is 1. The van der Waals surface area contributed by atoms with E-state index in [1.54, 1.807) is 0 Å². The van der Waals surface area contributed by atoms with Gasteiger partial charge in [-0.25, -0.2) is 4.79 Å². The SMILES string of the molecule is C#CC(=O)OCCCCCCCCCCCCI. The second-order valence-corrected chi connectivity index (χ2v) is 5.58. The van der Waals surface area contributed by atoms with E-state index in [9.17, 15) is 4.79 Å². The molecule has 3 heteroatoms. The van der Waals surface area contributed by atoms with Crippen LogP contribution in [0, 0.1) is 12.3 Å². The molecule has 0 heterocycles. The number of hydrogen-bond donors (Lipinski definition) is 0. The van der Waals surface area contributed by atoms with Gasteiger partial charge in [0.25, 0.3) is 0 Å². The lowest BCUT2D eigenvalue weighted by Gasteiger charge is -2.02. The number of rotatable bonds is 12. The van der Waals surface area contributed by atoms with E-state index in [4.69, 9.17) is 11.2 Å². The van der Waals surface area contributed by atoms with Gasteiger partial charge in [0.2, 0.25) is 0 Å². The van der Waals surface area contributed by atoms with E-state index in [0.717, 1.165) is 12.8 Å². The molecule has 0 aromatic carbocycles. The summed E-state index contributed by atoms with van der Waals surface area (Å²) in [7, 11) is 0. The summed E-state index contributed by atoms with van der Waals surface area (Å²) < 4.78 is 6.09. The number of ether oxygens (including phenoxy) is 1. The van der Waals surface area contributed by atoms with Crippen molar-refractivity contribution in [3.8, 4) is 12.3 Å². The molecule has 0 aliphatic heterocycles. The first kappa shape index (κ1) is 17.8. The highest BCUT2D eigenvalue weighted by Gasteiger charge is 1.96. The number of alkyl halides is 1. The van der Waals surface area contributed by atoms with Crippen molar-refractivity contribution < 1.29 is 9.53 Å². The standard InChI is InChI=1S/C15H25IO2/c1-2-15(17)18-14-12-10-8-6-4-3-5-7-9-11-13-16/h1H,3-14H2. The van der Waals surface area contributed by atoms with Crippen LogP contribution in [0.3, 0.4) is 0 Å². The predicted molar refractivity (Wildman–Crippen MR) is 84.8 cm³/mol. The lowest BCUT2D eigenvalue weighted by atomic mass is 10.1. The maximum atomic E-state index is 10.6. The Morgan fingerprint density at radius 1 is 0.889 bits per heavy atom. The van der Waals surface area contributed by atoms with E-state index in [1.165, 1.54) is 55.8 Å². The zero-order valence-corrected chi connectivity index (χ0v) is 13.4. The van der Waals surface area contributed by atoms with Crippen LogP contribution in [0.15, 0.2) is 0 Å². The molecule has 0 aromatic heterocycles. The van der Waals surface area contributed by atoms with Crippen molar-refractivity contribution in [1.82, 2.24) is 0 Å². The minimum atomic E-state index is -0.540. The summed E-state index contributed by atoms with van der Waals surface area (Å²) in [6, 6.07) is 0. The van der Waals surface area contributed by atoms with E-state index < -0.39 is 5.97 Å². The molecule has 0 saturated carbocycles. The van der Waals surface area contributed by atoms with Crippen molar-refractivity contribution in [3.63, 3.8) is 0 Å². The maximum absolute atomic E-state index is 10.6. The van der Waals surface area contributed by atoms with E-state index in [0.29, 0.717) is 6.61 Å². The summed E-state index contributed by atoms with van der Waals surface area (Å²) in [5.41, 5.74) is 0. The summed E-state index contributed by atoms with van der Waals surface area (Å²) in [6.07, 6.45) is 17.7. The minimum absolute atomic E-state index is 0.472. The molecule has 0 amide bonds. The van der Waals surface area contributed by atoms with Gasteiger partial charge in [0.15, 0.2) is 0 Å². The lowest BCUT2D eigenvalue weighted by molar-refractivity contribution is -0.136. The van der Waals surface area contributed by atoms with Crippen molar-refractivity contribution in [1.29, 1.82) is 0 Å². The molecular formula is C15H25IO2. The van der Waals surface area contributed by atoms with Gasteiger partial charge in [-0.2, -0.15) is 0 Å². The molecule has 0 atom stereocenters. The van der Waals surface area contributed by atoms with Gasteiger partial charge in [0.05, 0.1) is 6.61 Å². The molecule has 0 N–H and O–H groups in total. The van der Waals surface area contributed by atoms with E-state index in [2.05, 4.69) is 22.6 Å². The quantitative estimate of drug-likeness (QED) is 0.127. The van der Waals surface area contributed by atoms with E-state index in [1.807, 2.05) is 5.92 Å². The Hall–Kier alpha value is -0.240. The van der Waals surface area contributed by atoms with Crippen LogP contribution in [-0.4, -0.2) is 17.0 Å². The smallest absolute Gasteiger partial charge is 0.384 e. The van der Waals surface area contributed by atoms with Gasteiger partial charge in [-0.1, -0.05) is 74.0 Å². The lowest BCUT2D eigenvalue weighted by Crippen LogP contribution is -2.02. The van der Waals surface area contributed by atoms with Gasteiger partial charge in [-0.3, -0.25) is 0 Å². The summed E-state index contributed by atoms with van der Waals surface area (Å²) in [5, 5.41) is 0. The Balaban J connectivity index is 2.99. The Morgan fingerprint density at radius 2 is 1.33 bits per heavy atom. The van der Waals surface area contributed by atoms with E-state index >= 15 is 0 Å². The van der Waals surface area contributed by atoms with Gasteiger partial charge in [-0.05, 0) is 17.3 Å². The summed E-state index contributed by atoms with van der Waals surface area (Å²) in [6.45, 7) is 0.472. The molecule has 104 valence electrons. The zero-order chi connectivity index (χ0) is 13.5. The van der Waals surface area contributed by atoms with Crippen molar-refractivity contribution in [2.75, 3.05) is 11.0 Å². The summed E-state index contributed by atoms with van der Waals surface area (Å²) in [5.74, 6) is 1.40. The molecule has 18 heavy (non-hydrogen) atoms. The van der Waals surface area contributed by atoms with Gasteiger partial charge in [-0.15, -0.1) is 6.42 Å². The molecule has 0 aliphatic rings. The van der Waals surface area contributed by atoms with Crippen LogP contribution >= 0.6 is 22.6 Å². The third kappa shape index (κ3) is 13.8. The normalized spacial score (nSPS) is 10.0. The highest BCUT2D eigenvalue weighted by atomic mass is 127. The first-order valence-corrected chi connectivity index (χ1v) is 8.53. The molecule has 0 rings (SSSR count). The van der Waals surface area contributed by atoms with Crippen LogP contribution in [0.25, 0.3) is 0 Å². The molecule has 0 unspecified atom stereocenters. The van der Waals surface area contributed by atoms with Gasteiger partial charge >= 0.3 is 5.97 Å². The average Bonchev–Trinajstić information content (AvgIpc) is 2.39. The van der Waals surface area contributed by atoms with Crippen LogP contribution in [-0.2, 0) is 9.53 Å². The van der Waals surface area contributed by atoms with Crippen LogP contribution < -0.4 is 0 Å². The van der Waals surface area contributed by atoms with Gasteiger partial charge < -0.3 is 4.74 Å². The van der Waals surface area contributed by atoms with Crippen molar-refractivity contribution in [2.45, 2.75) is 64.2 Å². The van der Waals surface area contributed by atoms with Crippen molar-refractivity contribution in [2.24, 2.45) is 0 Å². The number of carbonyl (C=O) groups excluding carboxylic acids is 1. The molecule has 0 spiro atoms. The number of hydrogen-bond acceptors (Lipinski definition) is 2. The molecular weight excluding hydrogens is 339 g/mol. The fourth-order valence-corrected chi connectivity index (χ4v) is 2.36. The molecule has 0 aliphatic carbocycles. The Labute approximate surface area is 125 Å². The molecule has 0 aromatic rings. The Kier molecular flexibility index (Phi) is 14.6.